The van der Waals surface area contributed by atoms with E-state index in [9.17, 15) is 0 Å². The van der Waals surface area contributed by atoms with Gasteiger partial charge in [-0.1, -0.05) is 30.3 Å². The van der Waals surface area contributed by atoms with Crippen molar-refractivity contribution in [2.45, 2.75) is 25.8 Å². The lowest BCUT2D eigenvalue weighted by Gasteiger charge is -2.28. The topological polar surface area (TPSA) is 15.3 Å². The Morgan fingerprint density at radius 2 is 1.90 bits per heavy atom. The molecule has 1 unspecified atom stereocenters. The van der Waals surface area contributed by atoms with E-state index in [0.29, 0.717) is 6.04 Å². The van der Waals surface area contributed by atoms with Crippen molar-refractivity contribution in [1.82, 2.24) is 0 Å². The fraction of sp³-hybridized carbons (Fsp3) is 0.333. The standard InChI is InChI=1S/C18H22N2/c1-14(15-7-4-3-5-8-15)19-17-10-11-18-16(13-17)9-6-12-20(18)2/h3-5,7-8,10-11,13-14,19H,6,9,12H2,1-2H3. The molecule has 1 aliphatic heterocycles. The minimum atomic E-state index is 0.329. The molecule has 2 heteroatoms. The summed E-state index contributed by atoms with van der Waals surface area (Å²) in [5.41, 5.74) is 5.39. The van der Waals surface area contributed by atoms with Crippen molar-refractivity contribution in [2.24, 2.45) is 0 Å². The van der Waals surface area contributed by atoms with E-state index in [4.69, 9.17) is 0 Å². The number of anilines is 2. The minimum Gasteiger partial charge on any atom is -0.379 e. The molecular formula is C18H22N2. The molecule has 1 N–H and O–H groups in total. The van der Waals surface area contributed by atoms with Gasteiger partial charge in [0.1, 0.15) is 0 Å². The fourth-order valence-corrected chi connectivity index (χ4v) is 2.95. The first-order chi connectivity index (χ1) is 9.74. The molecule has 3 rings (SSSR count). The zero-order valence-electron chi connectivity index (χ0n) is 12.3. The van der Waals surface area contributed by atoms with Gasteiger partial charge in [0.05, 0.1) is 0 Å². The molecule has 1 aliphatic rings. The van der Waals surface area contributed by atoms with Crippen LogP contribution in [0.5, 0.6) is 0 Å². The van der Waals surface area contributed by atoms with Crippen molar-refractivity contribution in [3.05, 3.63) is 59.7 Å². The van der Waals surface area contributed by atoms with E-state index in [1.165, 1.54) is 41.9 Å². The summed E-state index contributed by atoms with van der Waals surface area (Å²) >= 11 is 0. The molecule has 1 heterocycles. The number of nitrogens with zero attached hydrogens (tertiary/aromatic N) is 1. The normalized spacial score (nSPS) is 15.6. The van der Waals surface area contributed by atoms with Crippen molar-refractivity contribution >= 4 is 11.4 Å². The molecule has 2 aromatic rings. The van der Waals surface area contributed by atoms with E-state index in [-0.39, 0.29) is 0 Å². The summed E-state index contributed by atoms with van der Waals surface area (Å²) < 4.78 is 0. The van der Waals surface area contributed by atoms with Gasteiger partial charge >= 0.3 is 0 Å². The minimum absolute atomic E-state index is 0.329. The summed E-state index contributed by atoms with van der Waals surface area (Å²) in [6.45, 7) is 3.38. The predicted molar refractivity (Wildman–Crippen MR) is 86.5 cm³/mol. The van der Waals surface area contributed by atoms with E-state index < -0.39 is 0 Å². The van der Waals surface area contributed by atoms with Crippen LogP contribution in [0.1, 0.15) is 30.5 Å². The van der Waals surface area contributed by atoms with Crippen LogP contribution >= 0.6 is 0 Å². The Labute approximate surface area is 121 Å². The van der Waals surface area contributed by atoms with Gasteiger partial charge in [-0.15, -0.1) is 0 Å². The molecular weight excluding hydrogens is 244 g/mol. The summed E-state index contributed by atoms with van der Waals surface area (Å²) in [5, 5.41) is 3.60. The maximum atomic E-state index is 3.60. The van der Waals surface area contributed by atoms with Gasteiger partial charge in [0.25, 0.3) is 0 Å². The number of rotatable bonds is 3. The van der Waals surface area contributed by atoms with Gasteiger partial charge in [0, 0.05) is 31.0 Å². The number of benzene rings is 2. The second-order valence-electron chi connectivity index (χ2n) is 5.65. The summed E-state index contributed by atoms with van der Waals surface area (Å²) in [6.07, 6.45) is 2.44. The third-order valence-electron chi connectivity index (χ3n) is 4.11. The van der Waals surface area contributed by atoms with Crippen LogP contribution in [0.4, 0.5) is 11.4 Å². The summed E-state index contributed by atoms with van der Waals surface area (Å²) in [7, 11) is 2.18. The largest absolute Gasteiger partial charge is 0.379 e. The highest BCUT2D eigenvalue weighted by molar-refractivity contribution is 5.62. The first-order valence-electron chi connectivity index (χ1n) is 7.39. The molecule has 0 bridgehead atoms. The average Bonchev–Trinajstić information content (AvgIpc) is 2.48. The summed E-state index contributed by atoms with van der Waals surface area (Å²) in [6, 6.07) is 17.7. The van der Waals surface area contributed by atoms with E-state index in [1.807, 2.05) is 0 Å². The van der Waals surface area contributed by atoms with Crippen molar-refractivity contribution in [3.63, 3.8) is 0 Å². The molecule has 0 fully saturated rings. The monoisotopic (exact) mass is 266 g/mol. The molecule has 0 aliphatic carbocycles. The van der Waals surface area contributed by atoms with Crippen LogP contribution in [0.3, 0.4) is 0 Å². The Bertz CT molecular complexity index is 577. The Kier molecular flexibility index (Phi) is 3.64. The number of nitrogens with one attached hydrogen (secondary N) is 1. The van der Waals surface area contributed by atoms with E-state index in [1.54, 1.807) is 0 Å². The van der Waals surface area contributed by atoms with Gasteiger partial charge in [0.2, 0.25) is 0 Å². The molecule has 0 radical (unpaired) electrons. The lowest BCUT2D eigenvalue weighted by molar-refractivity contribution is 0.744. The van der Waals surface area contributed by atoms with Crippen LogP contribution in [0.2, 0.25) is 0 Å². The van der Waals surface area contributed by atoms with Crippen LogP contribution in [0, 0.1) is 0 Å². The van der Waals surface area contributed by atoms with Gasteiger partial charge in [-0.25, -0.2) is 0 Å². The highest BCUT2D eigenvalue weighted by atomic mass is 15.1. The smallest absolute Gasteiger partial charge is 0.0485 e. The van der Waals surface area contributed by atoms with Gasteiger partial charge in [-0.05, 0) is 49.1 Å². The quantitative estimate of drug-likeness (QED) is 0.893. The van der Waals surface area contributed by atoms with E-state index in [0.717, 1.165) is 0 Å². The zero-order chi connectivity index (χ0) is 13.9. The van der Waals surface area contributed by atoms with Crippen molar-refractivity contribution < 1.29 is 0 Å². The number of aryl methyl sites for hydroxylation is 1. The molecule has 20 heavy (non-hydrogen) atoms. The molecule has 2 nitrogen and oxygen atoms in total. The van der Waals surface area contributed by atoms with Crippen LogP contribution in [-0.2, 0) is 6.42 Å². The molecule has 1 atom stereocenters. The Hall–Kier alpha value is -1.96. The van der Waals surface area contributed by atoms with Crippen molar-refractivity contribution in [1.29, 1.82) is 0 Å². The molecule has 2 aromatic carbocycles. The zero-order valence-corrected chi connectivity index (χ0v) is 12.3. The lowest BCUT2D eigenvalue weighted by atomic mass is 10.0. The number of fused-ring (bicyclic) bond motifs is 1. The van der Waals surface area contributed by atoms with Crippen LogP contribution < -0.4 is 10.2 Å². The van der Waals surface area contributed by atoms with E-state index >= 15 is 0 Å². The Morgan fingerprint density at radius 3 is 2.70 bits per heavy atom. The summed E-state index contributed by atoms with van der Waals surface area (Å²) in [4.78, 5) is 2.35. The highest BCUT2D eigenvalue weighted by Crippen LogP contribution is 2.29. The van der Waals surface area contributed by atoms with Gasteiger partial charge in [-0.2, -0.15) is 0 Å². The van der Waals surface area contributed by atoms with Crippen molar-refractivity contribution in [3.8, 4) is 0 Å². The molecule has 104 valence electrons. The van der Waals surface area contributed by atoms with Crippen LogP contribution in [-0.4, -0.2) is 13.6 Å². The Morgan fingerprint density at radius 1 is 1.10 bits per heavy atom. The molecule has 0 saturated heterocycles. The second-order valence-corrected chi connectivity index (χ2v) is 5.65. The van der Waals surface area contributed by atoms with Crippen LogP contribution in [0.15, 0.2) is 48.5 Å². The first kappa shape index (κ1) is 13.0. The Balaban J connectivity index is 1.78. The van der Waals surface area contributed by atoms with Gasteiger partial charge in [0.15, 0.2) is 0 Å². The third-order valence-corrected chi connectivity index (χ3v) is 4.11. The maximum Gasteiger partial charge on any atom is 0.0485 e. The fourth-order valence-electron chi connectivity index (χ4n) is 2.95. The van der Waals surface area contributed by atoms with Gasteiger partial charge in [-0.3, -0.25) is 0 Å². The van der Waals surface area contributed by atoms with Crippen LogP contribution in [0.25, 0.3) is 0 Å². The number of hydrogen-bond acceptors (Lipinski definition) is 2. The predicted octanol–water partition coefficient (Wildman–Crippen LogP) is 4.24. The highest BCUT2D eigenvalue weighted by Gasteiger charge is 2.14. The second kappa shape index (κ2) is 5.58. The molecule has 0 amide bonds. The van der Waals surface area contributed by atoms with Gasteiger partial charge < -0.3 is 10.2 Å². The molecule has 0 saturated carbocycles. The average molecular weight is 266 g/mol. The molecule has 0 aromatic heterocycles. The third kappa shape index (κ3) is 2.64. The summed E-state index contributed by atoms with van der Waals surface area (Å²) in [5.74, 6) is 0. The SMILES string of the molecule is CC(Nc1ccc2c(c1)CCCN2C)c1ccccc1. The maximum absolute atomic E-state index is 3.60. The molecule has 0 spiro atoms. The van der Waals surface area contributed by atoms with E-state index in [2.05, 4.69) is 72.7 Å². The van der Waals surface area contributed by atoms with Crippen molar-refractivity contribution in [2.75, 3.05) is 23.8 Å². The lowest BCUT2D eigenvalue weighted by Crippen LogP contribution is -2.24. The number of hydrogen-bond donors (Lipinski definition) is 1. The first-order valence-corrected chi connectivity index (χ1v) is 7.39.